The number of nitrogens with zero attached hydrogens (tertiary/aromatic N) is 6. The zero-order valence-electron chi connectivity index (χ0n) is 19.0. The molecule has 0 N–H and O–H groups in total. The molecule has 2 aliphatic heterocycles. The molecule has 174 valence electrons. The summed E-state index contributed by atoms with van der Waals surface area (Å²) in [7, 11) is -3.48. The number of hydrogen-bond donors (Lipinski definition) is 0. The van der Waals surface area contributed by atoms with Crippen molar-refractivity contribution >= 4 is 27.4 Å². The lowest BCUT2D eigenvalue weighted by molar-refractivity contribution is -0.118. The van der Waals surface area contributed by atoms with Crippen LogP contribution in [0.5, 0.6) is 0 Å². The van der Waals surface area contributed by atoms with E-state index in [1.54, 1.807) is 31.9 Å². The van der Waals surface area contributed by atoms with Crippen LogP contribution in [0.2, 0.25) is 0 Å². The number of aryl methyl sites for hydroxylation is 2. The standard InChI is InChI=1S/C23H28N6O3S/c1-16-20(17(2)29-23(26-16)24-15-25-29)7-9-22(30)28-13-10-18-14-19(6-8-21(18)28)33(31,32)27-11-4-3-5-12-27/h6,8,14-15H,3-5,7,9-13H2,1-2H3. The highest BCUT2D eigenvalue weighted by Gasteiger charge is 2.30. The van der Waals surface area contributed by atoms with Crippen molar-refractivity contribution < 1.29 is 13.2 Å². The summed E-state index contributed by atoms with van der Waals surface area (Å²) in [5.74, 6) is 0.585. The molecule has 0 saturated carbocycles. The molecule has 2 aromatic heterocycles. The Morgan fingerprint density at radius 1 is 1.09 bits per heavy atom. The van der Waals surface area contributed by atoms with Gasteiger partial charge < -0.3 is 4.90 Å². The lowest BCUT2D eigenvalue weighted by Gasteiger charge is -2.26. The van der Waals surface area contributed by atoms with Crippen molar-refractivity contribution in [1.82, 2.24) is 23.9 Å². The number of fused-ring (bicyclic) bond motifs is 2. The first-order valence-electron chi connectivity index (χ1n) is 11.5. The molecule has 0 spiro atoms. The van der Waals surface area contributed by atoms with E-state index in [-0.39, 0.29) is 5.91 Å². The fraction of sp³-hybridized carbons (Fsp3) is 0.478. The van der Waals surface area contributed by atoms with Crippen LogP contribution in [-0.4, -0.2) is 57.8 Å². The third-order valence-electron chi connectivity index (χ3n) is 6.78. The van der Waals surface area contributed by atoms with Crippen molar-refractivity contribution in [2.45, 2.75) is 57.3 Å². The third kappa shape index (κ3) is 3.91. The number of aromatic nitrogens is 4. The van der Waals surface area contributed by atoms with Crippen LogP contribution in [0.1, 0.15) is 48.2 Å². The van der Waals surface area contributed by atoms with E-state index in [0.717, 1.165) is 47.5 Å². The second-order valence-corrected chi connectivity index (χ2v) is 10.7. The summed E-state index contributed by atoms with van der Waals surface area (Å²) in [6.07, 6.45) is 5.94. The fourth-order valence-electron chi connectivity index (χ4n) is 4.94. The Bertz CT molecular complexity index is 1330. The molecule has 10 heteroatoms. The van der Waals surface area contributed by atoms with Crippen molar-refractivity contribution in [3.63, 3.8) is 0 Å². The van der Waals surface area contributed by atoms with E-state index in [1.807, 2.05) is 13.8 Å². The SMILES string of the molecule is Cc1nc2ncnn2c(C)c1CCC(=O)N1CCc2cc(S(=O)(=O)N3CCCCC3)ccc21. The van der Waals surface area contributed by atoms with Crippen LogP contribution < -0.4 is 4.90 Å². The minimum Gasteiger partial charge on any atom is -0.312 e. The molecular weight excluding hydrogens is 440 g/mol. The molecule has 0 aliphatic carbocycles. The highest BCUT2D eigenvalue weighted by molar-refractivity contribution is 7.89. The van der Waals surface area contributed by atoms with E-state index < -0.39 is 10.0 Å². The molecule has 0 unspecified atom stereocenters. The van der Waals surface area contributed by atoms with Gasteiger partial charge in [0.15, 0.2) is 0 Å². The molecule has 4 heterocycles. The highest BCUT2D eigenvalue weighted by atomic mass is 32.2. The maximum atomic E-state index is 13.1. The maximum Gasteiger partial charge on any atom is 0.252 e. The highest BCUT2D eigenvalue weighted by Crippen LogP contribution is 2.32. The van der Waals surface area contributed by atoms with Gasteiger partial charge in [0.1, 0.15) is 6.33 Å². The molecule has 1 amide bonds. The minimum atomic E-state index is -3.48. The summed E-state index contributed by atoms with van der Waals surface area (Å²) in [5, 5.41) is 4.21. The van der Waals surface area contributed by atoms with Gasteiger partial charge in [0, 0.05) is 43.1 Å². The maximum absolute atomic E-state index is 13.1. The molecule has 0 bridgehead atoms. The topological polar surface area (TPSA) is 101 Å². The lowest BCUT2D eigenvalue weighted by Crippen LogP contribution is -2.35. The minimum absolute atomic E-state index is 0.0258. The Balaban J connectivity index is 1.32. The summed E-state index contributed by atoms with van der Waals surface area (Å²) in [4.78, 5) is 23.8. The van der Waals surface area contributed by atoms with Crippen molar-refractivity contribution in [3.05, 3.63) is 47.0 Å². The Labute approximate surface area is 193 Å². The first-order valence-corrected chi connectivity index (χ1v) is 12.9. The molecule has 3 aromatic rings. The van der Waals surface area contributed by atoms with Gasteiger partial charge >= 0.3 is 0 Å². The van der Waals surface area contributed by atoms with Crippen molar-refractivity contribution in [3.8, 4) is 0 Å². The molecule has 9 nitrogen and oxygen atoms in total. The van der Waals surface area contributed by atoms with Crippen LogP contribution >= 0.6 is 0 Å². The molecule has 1 fully saturated rings. The normalized spacial score (nSPS) is 17.0. The van der Waals surface area contributed by atoms with Gasteiger partial charge in [-0.15, -0.1) is 0 Å². The number of carbonyl (C=O) groups excluding carboxylic acids is 1. The summed E-state index contributed by atoms with van der Waals surface area (Å²) < 4.78 is 29.3. The van der Waals surface area contributed by atoms with E-state index >= 15 is 0 Å². The zero-order valence-corrected chi connectivity index (χ0v) is 19.8. The number of rotatable bonds is 5. The summed E-state index contributed by atoms with van der Waals surface area (Å²) in [6, 6.07) is 5.19. The zero-order chi connectivity index (χ0) is 23.2. The summed E-state index contributed by atoms with van der Waals surface area (Å²) in [6.45, 7) is 5.62. The number of anilines is 1. The van der Waals surface area contributed by atoms with Crippen LogP contribution in [0, 0.1) is 13.8 Å². The van der Waals surface area contributed by atoms with Gasteiger partial charge in [-0.25, -0.2) is 17.9 Å². The number of carbonyl (C=O) groups is 1. The van der Waals surface area contributed by atoms with Crippen molar-refractivity contribution in [2.75, 3.05) is 24.5 Å². The molecule has 0 radical (unpaired) electrons. The van der Waals surface area contributed by atoms with Gasteiger partial charge in [-0.05, 0) is 68.9 Å². The number of piperidine rings is 1. The van der Waals surface area contributed by atoms with E-state index in [9.17, 15) is 13.2 Å². The lowest BCUT2D eigenvalue weighted by atomic mass is 10.1. The third-order valence-corrected chi connectivity index (χ3v) is 8.67. The molecular formula is C23H28N6O3S. The van der Waals surface area contributed by atoms with Crippen LogP contribution in [0.3, 0.4) is 0 Å². The predicted octanol–water partition coefficient (Wildman–Crippen LogP) is 2.44. The Morgan fingerprint density at radius 3 is 2.67 bits per heavy atom. The molecule has 0 atom stereocenters. The molecule has 2 aliphatic rings. The van der Waals surface area contributed by atoms with Gasteiger partial charge in [0.2, 0.25) is 15.9 Å². The van der Waals surface area contributed by atoms with Crippen LogP contribution in [0.15, 0.2) is 29.4 Å². The summed E-state index contributed by atoms with van der Waals surface area (Å²) >= 11 is 0. The Kier molecular flexibility index (Phi) is 5.65. The second kappa shape index (κ2) is 8.49. The number of amides is 1. The largest absolute Gasteiger partial charge is 0.312 e. The van der Waals surface area contributed by atoms with E-state index in [1.165, 1.54) is 6.33 Å². The Morgan fingerprint density at radius 2 is 1.88 bits per heavy atom. The first kappa shape index (κ1) is 22.0. The number of benzene rings is 1. The molecule has 1 aromatic carbocycles. The van der Waals surface area contributed by atoms with Crippen molar-refractivity contribution in [2.24, 2.45) is 0 Å². The van der Waals surface area contributed by atoms with Gasteiger partial charge in [0.05, 0.1) is 4.90 Å². The predicted molar refractivity (Wildman–Crippen MR) is 124 cm³/mol. The monoisotopic (exact) mass is 468 g/mol. The molecule has 5 rings (SSSR count). The molecule has 33 heavy (non-hydrogen) atoms. The van der Waals surface area contributed by atoms with Gasteiger partial charge in [-0.3, -0.25) is 4.79 Å². The van der Waals surface area contributed by atoms with Crippen molar-refractivity contribution in [1.29, 1.82) is 0 Å². The van der Waals surface area contributed by atoms with E-state index in [0.29, 0.717) is 49.6 Å². The first-order chi connectivity index (χ1) is 15.9. The van der Waals surface area contributed by atoms with E-state index in [4.69, 9.17) is 0 Å². The van der Waals surface area contributed by atoms with Gasteiger partial charge in [-0.1, -0.05) is 6.42 Å². The van der Waals surface area contributed by atoms with Gasteiger partial charge in [0.25, 0.3) is 5.78 Å². The van der Waals surface area contributed by atoms with Gasteiger partial charge in [-0.2, -0.15) is 14.4 Å². The van der Waals surface area contributed by atoms with Crippen LogP contribution in [0.4, 0.5) is 5.69 Å². The molecule has 1 saturated heterocycles. The number of sulfonamides is 1. The summed E-state index contributed by atoms with van der Waals surface area (Å²) in [5.41, 5.74) is 4.53. The smallest absolute Gasteiger partial charge is 0.252 e. The quantitative estimate of drug-likeness (QED) is 0.570. The average Bonchev–Trinajstić information content (AvgIpc) is 3.46. The average molecular weight is 469 g/mol. The Hall–Kier alpha value is -2.85. The fourth-order valence-corrected chi connectivity index (χ4v) is 6.50. The number of hydrogen-bond acceptors (Lipinski definition) is 6. The second-order valence-electron chi connectivity index (χ2n) is 8.78. The van der Waals surface area contributed by atoms with Crippen LogP contribution in [0.25, 0.3) is 5.78 Å². The van der Waals surface area contributed by atoms with E-state index in [2.05, 4.69) is 15.1 Å². The van der Waals surface area contributed by atoms with Crippen LogP contribution in [-0.2, 0) is 27.7 Å².